The molecule has 2 N–H and O–H groups in total. The summed E-state index contributed by atoms with van der Waals surface area (Å²) in [5, 5.41) is 19.4. The van der Waals surface area contributed by atoms with E-state index >= 15 is 0 Å². The Balaban J connectivity index is 2.47. The van der Waals surface area contributed by atoms with Gasteiger partial charge in [-0.3, -0.25) is 0 Å². The second-order valence-electron chi connectivity index (χ2n) is 3.93. The van der Waals surface area contributed by atoms with Crippen molar-refractivity contribution < 1.29 is 10.2 Å². The van der Waals surface area contributed by atoms with Gasteiger partial charge in [0.2, 0.25) is 0 Å². The molecule has 0 heterocycles. The van der Waals surface area contributed by atoms with Crippen molar-refractivity contribution in [2.24, 2.45) is 0 Å². The summed E-state index contributed by atoms with van der Waals surface area (Å²) in [6, 6.07) is 10.9. The molecular formula is C14H12Cl2O2. The molecule has 0 spiro atoms. The third-order valence-corrected chi connectivity index (χ3v) is 3.54. The Morgan fingerprint density at radius 2 is 1.33 bits per heavy atom. The van der Waals surface area contributed by atoms with Gasteiger partial charge in [-0.15, -0.1) is 0 Å². The predicted octanol–water partition coefficient (Wildman–Crippen LogP) is 3.65. The Morgan fingerprint density at radius 3 is 1.94 bits per heavy atom. The number of hydrogen-bond donors (Lipinski definition) is 2. The monoisotopic (exact) mass is 282 g/mol. The molecule has 0 bridgehead atoms. The quantitative estimate of drug-likeness (QED) is 0.902. The Hall–Kier alpha value is -1.06. The minimum atomic E-state index is -0.106. The first-order valence-corrected chi connectivity index (χ1v) is 6.20. The molecular weight excluding hydrogens is 271 g/mol. The van der Waals surface area contributed by atoms with E-state index in [0.717, 1.165) is 16.7 Å². The lowest BCUT2D eigenvalue weighted by atomic mass is 10.00. The first kappa shape index (κ1) is 13.4. The predicted molar refractivity (Wildman–Crippen MR) is 73.7 cm³/mol. The lowest BCUT2D eigenvalue weighted by molar-refractivity contribution is 0.260. The van der Waals surface area contributed by atoms with E-state index in [2.05, 4.69) is 0 Å². The highest BCUT2D eigenvalue weighted by atomic mass is 35.5. The van der Waals surface area contributed by atoms with Gasteiger partial charge in [0.05, 0.1) is 23.3 Å². The van der Waals surface area contributed by atoms with Crippen molar-refractivity contribution in [1.82, 2.24) is 0 Å². The summed E-state index contributed by atoms with van der Waals surface area (Å²) in [5.41, 5.74) is 3.28. The molecule has 0 unspecified atom stereocenters. The second-order valence-corrected chi connectivity index (χ2v) is 4.74. The van der Waals surface area contributed by atoms with E-state index in [1.54, 1.807) is 18.2 Å². The molecule has 0 saturated carbocycles. The lowest BCUT2D eigenvalue weighted by Gasteiger charge is -2.09. The minimum absolute atomic E-state index is 0.0858. The Kier molecular flexibility index (Phi) is 4.25. The van der Waals surface area contributed by atoms with Crippen LogP contribution < -0.4 is 0 Å². The van der Waals surface area contributed by atoms with Crippen LogP contribution in [0.3, 0.4) is 0 Å². The molecule has 0 amide bonds. The molecule has 2 aromatic rings. The Labute approximate surface area is 115 Å². The molecule has 0 radical (unpaired) electrons. The maximum absolute atomic E-state index is 9.26. The molecule has 2 nitrogen and oxygen atoms in total. The van der Waals surface area contributed by atoms with Gasteiger partial charge in [0.25, 0.3) is 0 Å². The standard InChI is InChI=1S/C14H12Cl2O2/c15-13-4-3-10(6-14(13)16)9-1-2-11(7-17)12(5-9)8-18/h1-6,17-18H,7-8H2. The maximum atomic E-state index is 9.26. The number of aliphatic hydroxyl groups is 2. The highest BCUT2D eigenvalue weighted by molar-refractivity contribution is 6.42. The molecule has 4 heteroatoms. The smallest absolute Gasteiger partial charge is 0.0685 e. The molecule has 18 heavy (non-hydrogen) atoms. The number of halogens is 2. The summed E-state index contributed by atoms with van der Waals surface area (Å²) in [6.07, 6.45) is 0. The summed E-state index contributed by atoms with van der Waals surface area (Å²) in [4.78, 5) is 0. The number of rotatable bonds is 3. The third kappa shape index (κ3) is 2.68. The molecule has 0 aliphatic heterocycles. The van der Waals surface area contributed by atoms with Crippen molar-refractivity contribution in [3.05, 3.63) is 57.6 Å². The Morgan fingerprint density at radius 1 is 0.722 bits per heavy atom. The highest BCUT2D eigenvalue weighted by Gasteiger charge is 2.06. The normalized spacial score (nSPS) is 10.7. The van der Waals surface area contributed by atoms with Crippen molar-refractivity contribution in [3.8, 4) is 11.1 Å². The lowest BCUT2D eigenvalue weighted by Crippen LogP contribution is -1.94. The largest absolute Gasteiger partial charge is 0.392 e. The van der Waals surface area contributed by atoms with Gasteiger partial charge in [-0.1, -0.05) is 41.4 Å². The molecule has 0 atom stereocenters. The van der Waals surface area contributed by atoms with Crippen molar-refractivity contribution in [1.29, 1.82) is 0 Å². The molecule has 2 rings (SSSR count). The van der Waals surface area contributed by atoms with Gasteiger partial charge in [-0.05, 0) is 40.5 Å². The summed E-state index contributed by atoms with van der Waals surface area (Å²) in [5.74, 6) is 0. The van der Waals surface area contributed by atoms with Gasteiger partial charge in [0.1, 0.15) is 0 Å². The van der Waals surface area contributed by atoms with Crippen molar-refractivity contribution in [3.63, 3.8) is 0 Å². The van der Waals surface area contributed by atoms with Gasteiger partial charge >= 0.3 is 0 Å². The van der Waals surface area contributed by atoms with Gasteiger partial charge in [-0.2, -0.15) is 0 Å². The fourth-order valence-corrected chi connectivity index (χ4v) is 2.08. The average molecular weight is 283 g/mol. The first-order chi connectivity index (χ1) is 8.65. The second kappa shape index (κ2) is 5.72. The van der Waals surface area contributed by atoms with Crippen LogP contribution in [0.2, 0.25) is 10.0 Å². The zero-order chi connectivity index (χ0) is 13.1. The Bertz CT molecular complexity index is 568. The topological polar surface area (TPSA) is 40.5 Å². The van der Waals surface area contributed by atoms with Crippen LogP contribution in [0.15, 0.2) is 36.4 Å². The van der Waals surface area contributed by atoms with Crippen LogP contribution in [-0.2, 0) is 13.2 Å². The van der Waals surface area contributed by atoms with Gasteiger partial charge in [0, 0.05) is 0 Å². The molecule has 0 aliphatic carbocycles. The van der Waals surface area contributed by atoms with E-state index in [1.165, 1.54) is 0 Å². The zero-order valence-electron chi connectivity index (χ0n) is 9.53. The van der Waals surface area contributed by atoms with Gasteiger partial charge in [-0.25, -0.2) is 0 Å². The first-order valence-electron chi connectivity index (χ1n) is 5.44. The summed E-state index contributed by atoms with van der Waals surface area (Å²) >= 11 is 11.8. The number of benzene rings is 2. The van der Waals surface area contributed by atoms with Gasteiger partial charge < -0.3 is 10.2 Å². The van der Waals surface area contributed by atoms with E-state index in [9.17, 15) is 5.11 Å². The van der Waals surface area contributed by atoms with Crippen LogP contribution in [0.5, 0.6) is 0 Å². The summed E-state index contributed by atoms with van der Waals surface area (Å²) in [7, 11) is 0. The number of hydrogen-bond acceptors (Lipinski definition) is 2. The van der Waals surface area contributed by atoms with Crippen LogP contribution in [0, 0.1) is 0 Å². The highest BCUT2D eigenvalue weighted by Crippen LogP contribution is 2.29. The van der Waals surface area contributed by atoms with Crippen molar-refractivity contribution >= 4 is 23.2 Å². The fraction of sp³-hybridized carbons (Fsp3) is 0.143. The summed E-state index contributed by atoms with van der Waals surface area (Å²) < 4.78 is 0. The van der Waals surface area contributed by atoms with Crippen LogP contribution >= 0.6 is 23.2 Å². The average Bonchev–Trinajstić information content (AvgIpc) is 2.41. The van der Waals surface area contributed by atoms with E-state index < -0.39 is 0 Å². The SMILES string of the molecule is OCc1ccc(-c2ccc(Cl)c(Cl)c2)cc1CO. The van der Waals surface area contributed by atoms with E-state index in [4.69, 9.17) is 28.3 Å². The fourth-order valence-electron chi connectivity index (χ4n) is 1.78. The number of aliphatic hydroxyl groups excluding tert-OH is 2. The molecule has 0 aliphatic rings. The maximum Gasteiger partial charge on any atom is 0.0685 e. The molecule has 0 aromatic heterocycles. The molecule has 94 valence electrons. The minimum Gasteiger partial charge on any atom is -0.392 e. The van der Waals surface area contributed by atoms with Crippen LogP contribution in [0.1, 0.15) is 11.1 Å². The van der Waals surface area contributed by atoms with E-state index in [0.29, 0.717) is 15.6 Å². The summed E-state index contributed by atoms with van der Waals surface area (Å²) in [6.45, 7) is -0.192. The van der Waals surface area contributed by atoms with E-state index in [-0.39, 0.29) is 13.2 Å². The van der Waals surface area contributed by atoms with Crippen molar-refractivity contribution in [2.75, 3.05) is 0 Å². The van der Waals surface area contributed by atoms with Crippen molar-refractivity contribution in [2.45, 2.75) is 13.2 Å². The molecule has 0 fully saturated rings. The van der Waals surface area contributed by atoms with E-state index in [1.807, 2.05) is 18.2 Å². The molecule has 2 aromatic carbocycles. The zero-order valence-corrected chi connectivity index (χ0v) is 11.0. The third-order valence-electron chi connectivity index (χ3n) is 2.80. The molecule has 0 saturated heterocycles. The van der Waals surface area contributed by atoms with Gasteiger partial charge in [0.15, 0.2) is 0 Å². The van der Waals surface area contributed by atoms with Crippen LogP contribution in [-0.4, -0.2) is 10.2 Å². The van der Waals surface area contributed by atoms with Crippen LogP contribution in [0.25, 0.3) is 11.1 Å². The van der Waals surface area contributed by atoms with Crippen LogP contribution in [0.4, 0.5) is 0 Å².